The molecule has 11 nitrogen and oxygen atoms in total. The highest BCUT2D eigenvalue weighted by Crippen LogP contribution is 2.43. The summed E-state index contributed by atoms with van der Waals surface area (Å²) in [6.07, 6.45) is -2.70. The standard InChI is InChI=1S/C34H38N2O9/c1-22-20-36(33(39)35-31(22)38)32-30(43-19-18-40-2)29(37)28(45-32)21-44-34(23-8-6-5-7-9-23,24-10-14-26(41-3)15-11-24)25-12-16-27(42-4)17-13-25/h5-17,20,28-30,32,37H,18-19,21H2,1-4H3,(H,35,38,39)/t28-,29-,30+,32-/m1/s1. The summed E-state index contributed by atoms with van der Waals surface area (Å²) in [4.78, 5) is 27.2. The number of aryl methyl sites for hydroxylation is 1. The van der Waals surface area contributed by atoms with E-state index >= 15 is 0 Å². The first-order valence-corrected chi connectivity index (χ1v) is 14.6. The lowest BCUT2D eigenvalue weighted by molar-refractivity contribution is -0.0994. The third-order valence-corrected chi connectivity index (χ3v) is 7.97. The van der Waals surface area contributed by atoms with Crippen LogP contribution in [0.2, 0.25) is 0 Å². The van der Waals surface area contributed by atoms with E-state index in [2.05, 4.69) is 4.98 Å². The maximum atomic E-state index is 12.9. The Morgan fingerprint density at radius 2 is 1.42 bits per heavy atom. The Bertz CT molecular complexity index is 1610. The van der Waals surface area contributed by atoms with Gasteiger partial charge >= 0.3 is 5.69 Å². The number of methoxy groups -OCH3 is 3. The number of hydrogen-bond acceptors (Lipinski definition) is 9. The van der Waals surface area contributed by atoms with Crippen molar-refractivity contribution in [2.45, 2.75) is 37.1 Å². The van der Waals surface area contributed by atoms with Crippen LogP contribution in [0, 0.1) is 6.92 Å². The van der Waals surface area contributed by atoms with Gasteiger partial charge in [-0.2, -0.15) is 0 Å². The van der Waals surface area contributed by atoms with E-state index in [1.165, 1.54) is 17.9 Å². The summed E-state index contributed by atoms with van der Waals surface area (Å²) in [6, 6.07) is 24.9. The first-order chi connectivity index (χ1) is 21.8. The zero-order chi connectivity index (χ0) is 32.0. The minimum Gasteiger partial charge on any atom is -0.497 e. The van der Waals surface area contributed by atoms with E-state index < -0.39 is 41.4 Å². The fourth-order valence-corrected chi connectivity index (χ4v) is 5.58. The van der Waals surface area contributed by atoms with Gasteiger partial charge < -0.3 is 33.5 Å². The Hall–Kier alpha value is -4.26. The van der Waals surface area contributed by atoms with Crippen molar-refractivity contribution in [3.63, 3.8) is 0 Å². The van der Waals surface area contributed by atoms with Crippen LogP contribution < -0.4 is 20.7 Å². The van der Waals surface area contributed by atoms with Crippen molar-refractivity contribution >= 4 is 0 Å². The Kier molecular flexibility index (Phi) is 10.2. The average Bonchev–Trinajstić information content (AvgIpc) is 3.38. The Morgan fingerprint density at radius 3 is 1.98 bits per heavy atom. The van der Waals surface area contributed by atoms with Crippen LogP contribution in [0.15, 0.2) is 94.6 Å². The topological polar surface area (TPSA) is 130 Å². The number of rotatable bonds is 13. The monoisotopic (exact) mass is 618 g/mol. The SMILES string of the molecule is COCCO[C@H]1[C@H](O)[C@@H](COC(c2ccccc2)(c2ccc(OC)cc2)c2ccc(OC)cc2)O[C@H]1n1cc(C)c(=O)[nH]c1=O. The molecule has 45 heavy (non-hydrogen) atoms. The summed E-state index contributed by atoms with van der Waals surface area (Å²) in [5, 5.41) is 11.5. The van der Waals surface area contributed by atoms with Gasteiger partial charge in [0.1, 0.15) is 35.4 Å². The van der Waals surface area contributed by atoms with Crippen LogP contribution in [0.5, 0.6) is 11.5 Å². The van der Waals surface area contributed by atoms with Crippen LogP contribution in [-0.2, 0) is 24.5 Å². The third kappa shape index (κ3) is 6.58. The van der Waals surface area contributed by atoms with Gasteiger partial charge in [-0.3, -0.25) is 14.3 Å². The minimum atomic E-state index is -1.19. The zero-order valence-corrected chi connectivity index (χ0v) is 25.7. The van der Waals surface area contributed by atoms with Crippen molar-refractivity contribution in [1.82, 2.24) is 9.55 Å². The first kappa shape index (κ1) is 32.1. The van der Waals surface area contributed by atoms with Crippen molar-refractivity contribution in [2.75, 3.05) is 41.2 Å². The molecule has 1 aromatic heterocycles. The summed E-state index contributed by atoms with van der Waals surface area (Å²) in [6.45, 7) is 1.91. The van der Waals surface area contributed by atoms with Crippen LogP contribution >= 0.6 is 0 Å². The number of nitrogens with zero attached hydrogens (tertiary/aromatic N) is 1. The van der Waals surface area contributed by atoms with E-state index in [0.717, 1.165) is 16.7 Å². The van der Waals surface area contributed by atoms with E-state index in [0.29, 0.717) is 17.1 Å². The molecular weight excluding hydrogens is 580 g/mol. The highest BCUT2D eigenvalue weighted by molar-refractivity contribution is 5.49. The molecule has 2 N–H and O–H groups in total. The predicted octanol–water partition coefficient (Wildman–Crippen LogP) is 3.16. The number of benzene rings is 3. The lowest BCUT2D eigenvalue weighted by atomic mass is 9.80. The number of nitrogens with one attached hydrogen (secondary N) is 1. The van der Waals surface area contributed by atoms with Crippen molar-refractivity contribution in [2.24, 2.45) is 0 Å². The van der Waals surface area contributed by atoms with Gasteiger partial charge in [-0.25, -0.2) is 4.79 Å². The average molecular weight is 619 g/mol. The molecule has 1 saturated heterocycles. The van der Waals surface area contributed by atoms with Crippen LogP contribution in [0.4, 0.5) is 0 Å². The summed E-state index contributed by atoms with van der Waals surface area (Å²) in [7, 11) is 4.75. The number of aliphatic hydroxyl groups excluding tert-OH is 1. The molecule has 1 aliphatic heterocycles. The smallest absolute Gasteiger partial charge is 0.330 e. The molecular formula is C34H38N2O9. The van der Waals surface area contributed by atoms with Gasteiger partial charge in [0.25, 0.3) is 5.56 Å². The highest BCUT2D eigenvalue weighted by atomic mass is 16.6. The number of H-pyrrole nitrogens is 1. The molecule has 2 heterocycles. The number of ether oxygens (including phenoxy) is 6. The summed E-state index contributed by atoms with van der Waals surface area (Å²) in [5.41, 5.74) is 0.430. The third-order valence-electron chi connectivity index (χ3n) is 7.97. The molecule has 1 fully saturated rings. The normalized spacial score (nSPS) is 19.8. The second kappa shape index (κ2) is 14.2. The molecule has 0 bridgehead atoms. The fraction of sp³-hybridized carbons (Fsp3) is 0.353. The van der Waals surface area contributed by atoms with E-state index in [-0.39, 0.29) is 19.8 Å². The van der Waals surface area contributed by atoms with Gasteiger partial charge in [-0.15, -0.1) is 0 Å². The molecule has 238 valence electrons. The molecule has 11 heteroatoms. The molecule has 1 aliphatic rings. The molecule has 0 radical (unpaired) electrons. The van der Waals surface area contributed by atoms with Gasteiger partial charge in [0.15, 0.2) is 6.23 Å². The molecule has 4 aromatic rings. The molecule has 0 aliphatic carbocycles. The quantitative estimate of drug-likeness (QED) is 0.171. The number of aromatic amines is 1. The molecule has 0 spiro atoms. The van der Waals surface area contributed by atoms with Crippen molar-refractivity contribution in [3.05, 3.63) is 128 Å². The molecule has 5 rings (SSSR count). The second-order valence-electron chi connectivity index (χ2n) is 10.7. The summed E-state index contributed by atoms with van der Waals surface area (Å²) < 4.78 is 36.4. The van der Waals surface area contributed by atoms with Crippen LogP contribution in [-0.4, -0.2) is 74.1 Å². The van der Waals surface area contributed by atoms with Crippen molar-refractivity contribution in [1.29, 1.82) is 0 Å². The van der Waals surface area contributed by atoms with Crippen LogP contribution in [0.25, 0.3) is 0 Å². The van der Waals surface area contributed by atoms with E-state index in [1.807, 2.05) is 78.9 Å². The van der Waals surface area contributed by atoms with E-state index in [9.17, 15) is 14.7 Å². The maximum Gasteiger partial charge on any atom is 0.330 e. The first-order valence-electron chi connectivity index (χ1n) is 14.6. The fourth-order valence-electron chi connectivity index (χ4n) is 5.58. The molecule has 4 atom stereocenters. The second-order valence-corrected chi connectivity index (χ2v) is 10.7. The number of aliphatic hydroxyl groups is 1. The number of hydrogen-bond donors (Lipinski definition) is 2. The summed E-state index contributed by atoms with van der Waals surface area (Å²) >= 11 is 0. The molecule has 0 saturated carbocycles. The predicted molar refractivity (Wildman–Crippen MR) is 166 cm³/mol. The molecule has 3 aromatic carbocycles. The Balaban J connectivity index is 1.56. The van der Waals surface area contributed by atoms with Crippen LogP contribution in [0.3, 0.4) is 0 Å². The van der Waals surface area contributed by atoms with Gasteiger partial charge in [0.2, 0.25) is 0 Å². The van der Waals surface area contributed by atoms with E-state index in [1.54, 1.807) is 21.1 Å². The highest BCUT2D eigenvalue weighted by Gasteiger charge is 2.48. The van der Waals surface area contributed by atoms with Gasteiger partial charge in [-0.05, 0) is 47.9 Å². The minimum absolute atomic E-state index is 0.0914. The maximum absolute atomic E-state index is 12.9. The van der Waals surface area contributed by atoms with Crippen LogP contribution in [0.1, 0.15) is 28.5 Å². The largest absolute Gasteiger partial charge is 0.497 e. The van der Waals surface area contributed by atoms with Crippen molar-refractivity contribution < 1.29 is 33.5 Å². The van der Waals surface area contributed by atoms with Gasteiger partial charge in [0.05, 0.1) is 34.0 Å². The Labute approximate surface area is 260 Å². The molecule has 0 amide bonds. The summed E-state index contributed by atoms with van der Waals surface area (Å²) in [5.74, 6) is 1.37. The Morgan fingerprint density at radius 1 is 0.844 bits per heavy atom. The number of aromatic nitrogens is 2. The lowest BCUT2D eigenvalue weighted by Gasteiger charge is -2.37. The van der Waals surface area contributed by atoms with Gasteiger partial charge in [-0.1, -0.05) is 54.6 Å². The molecule has 0 unspecified atom stereocenters. The lowest BCUT2D eigenvalue weighted by Crippen LogP contribution is -2.41. The zero-order valence-electron chi connectivity index (χ0n) is 25.7. The van der Waals surface area contributed by atoms with E-state index in [4.69, 9.17) is 28.4 Å². The van der Waals surface area contributed by atoms with Crippen molar-refractivity contribution in [3.8, 4) is 11.5 Å². The van der Waals surface area contributed by atoms with Gasteiger partial charge in [0, 0.05) is 18.9 Å².